The second-order valence-corrected chi connectivity index (χ2v) is 9.73. The van der Waals surface area contributed by atoms with Crippen LogP contribution in [0.3, 0.4) is 0 Å². The first kappa shape index (κ1) is 21.8. The Morgan fingerprint density at radius 2 is 2.11 bits per heavy atom. The average Bonchev–Trinajstić information content (AvgIpc) is 3.07. The first-order valence-electron chi connectivity index (χ1n) is 9.19. The molecule has 7 heteroatoms. The van der Waals surface area contributed by atoms with Crippen molar-refractivity contribution < 1.29 is 4.79 Å². The summed E-state index contributed by atoms with van der Waals surface area (Å²) < 4.78 is 2.08. The van der Waals surface area contributed by atoms with Crippen LogP contribution in [0.15, 0.2) is 35.4 Å². The van der Waals surface area contributed by atoms with E-state index in [-0.39, 0.29) is 23.1 Å². The van der Waals surface area contributed by atoms with E-state index in [0.29, 0.717) is 11.7 Å². The van der Waals surface area contributed by atoms with Crippen molar-refractivity contribution in [3.8, 4) is 0 Å². The van der Waals surface area contributed by atoms with Crippen LogP contribution < -0.4 is 10.6 Å². The van der Waals surface area contributed by atoms with Crippen LogP contribution in [0, 0.1) is 6.92 Å². The number of hydrogen-bond acceptors (Lipinski definition) is 4. The number of hydrogen-bond donors (Lipinski definition) is 2. The molecule has 0 spiro atoms. The highest BCUT2D eigenvalue weighted by Gasteiger charge is 2.18. The minimum absolute atomic E-state index is 0. The largest absolute Gasteiger partial charge is 0.320 e. The number of aryl methyl sites for hydroxylation is 1. The third kappa shape index (κ3) is 5.99. The highest BCUT2D eigenvalue weighted by molar-refractivity contribution is 8.00. The lowest BCUT2D eigenvalue weighted by Crippen LogP contribution is -2.32. The van der Waals surface area contributed by atoms with Crippen LogP contribution in [0.1, 0.15) is 55.7 Å². The van der Waals surface area contributed by atoms with Gasteiger partial charge >= 0.3 is 0 Å². The average molecular weight is 409 g/mol. The van der Waals surface area contributed by atoms with Gasteiger partial charge in [-0.25, -0.2) is 0 Å². The van der Waals surface area contributed by atoms with E-state index in [2.05, 4.69) is 48.6 Å². The molecule has 1 amide bonds. The normalized spacial score (nSPS) is 17.3. The molecule has 2 N–H and O–H groups in total. The summed E-state index contributed by atoms with van der Waals surface area (Å²) in [6.07, 6.45) is 4.15. The quantitative estimate of drug-likeness (QED) is 0.721. The lowest BCUT2D eigenvalue weighted by atomic mass is 10.1. The molecule has 0 aliphatic carbocycles. The highest BCUT2D eigenvalue weighted by atomic mass is 35.5. The van der Waals surface area contributed by atoms with E-state index >= 15 is 0 Å². The van der Waals surface area contributed by atoms with E-state index in [4.69, 9.17) is 0 Å². The maximum Gasteiger partial charge on any atom is 0.276 e. The van der Waals surface area contributed by atoms with Gasteiger partial charge in [0.15, 0.2) is 5.69 Å². The van der Waals surface area contributed by atoms with Crippen LogP contribution in [0.25, 0.3) is 0 Å². The van der Waals surface area contributed by atoms with Crippen molar-refractivity contribution in [3.05, 3.63) is 41.7 Å². The zero-order chi connectivity index (χ0) is 18.7. The molecular weight excluding hydrogens is 380 g/mol. The fourth-order valence-electron chi connectivity index (χ4n) is 3.10. The number of halogens is 1. The summed E-state index contributed by atoms with van der Waals surface area (Å²) >= 11 is 1.82. The molecule has 1 unspecified atom stereocenters. The topological polar surface area (TPSA) is 59.0 Å². The molecule has 1 aromatic heterocycles. The smallest absolute Gasteiger partial charge is 0.276 e. The van der Waals surface area contributed by atoms with E-state index < -0.39 is 0 Å². The summed E-state index contributed by atoms with van der Waals surface area (Å²) in [5, 5.41) is 10.9. The number of piperidine rings is 1. The van der Waals surface area contributed by atoms with Gasteiger partial charge in [0.05, 0.1) is 6.04 Å². The predicted octanol–water partition coefficient (Wildman–Crippen LogP) is 4.68. The first-order valence-corrected chi connectivity index (χ1v) is 10.0. The molecule has 148 valence electrons. The number of amides is 1. The van der Waals surface area contributed by atoms with Gasteiger partial charge in [0, 0.05) is 28.1 Å². The second kappa shape index (κ2) is 9.13. The number of aromatic nitrogens is 2. The molecule has 2 aromatic rings. The van der Waals surface area contributed by atoms with Crippen molar-refractivity contribution in [2.45, 2.75) is 56.2 Å². The van der Waals surface area contributed by atoms with Gasteiger partial charge in [-0.2, -0.15) is 5.10 Å². The Morgan fingerprint density at radius 3 is 2.74 bits per heavy atom. The number of rotatable bonds is 4. The minimum atomic E-state index is -0.160. The monoisotopic (exact) mass is 408 g/mol. The van der Waals surface area contributed by atoms with Gasteiger partial charge < -0.3 is 10.6 Å². The molecule has 5 nitrogen and oxygen atoms in total. The zero-order valence-electron chi connectivity index (χ0n) is 16.4. The lowest BCUT2D eigenvalue weighted by molar-refractivity contribution is 0.102. The van der Waals surface area contributed by atoms with Crippen molar-refractivity contribution in [1.82, 2.24) is 15.1 Å². The van der Waals surface area contributed by atoms with Crippen LogP contribution in [0.5, 0.6) is 0 Å². The van der Waals surface area contributed by atoms with E-state index in [1.54, 1.807) is 6.07 Å². The Labute approximate surface area is 172 Å². The number of anilines is 1. The highest BCUT2D eigenvalue weighted by Crippen LogP contribution is 2.33. The van der Waals surface area contributed by atoms with E-state index in [0.717, 1.165) is 37.2 Å². The van der Waals surface area contributed by atoms with E-state index in [1.165, 1.54) is 4.90 Å². The predicted molar refractivity (Wildman–Crippen MR) is 115 cm³/mol. The summed E-state index contributed by atoms with van der Waals surface area (Å²) in [6, 6.07) is 8.29. The van der Waals surface area contributed by atoms with Crippen molar-refractivity contribution in [2.24, 2.45) is 0 Å². The maximum absolute atomic E-state index is 12.6. The molecule has 1 aliphatic rings. The van der Waals surface area contributed by atoms with Crippen LogP contribution >= 0.6 is 24.2 Å². The molecule has 0 radical (unpaired) electrons. The maximum atomic E-state index is 12.6. The van der Waals surface area contributed by atoms with Crippen LogP contribution in [0.4, 0.5) is 5.69 Å². The molecule has 2 heterocycles. The molecule has 1 atom stereocenters. The summed E-state index contributed by atoms with van der Waals surface area (Å²) in [4.78, 5) is 13.8. The van der Waals surface area contributed by atoms with Crippen LogP contribution in [0.2, 0.25) is 0 Å². The van der Waals surface area contributed by atoms with Gasteiger partial charge in [0.2, 0.25) is 0 Å². The Hall–Kier alpha value is -1.50. The van der Waals surface area contributed by atoms with Crippen molar-refractivity contribution in [1.29, 1.82) is 0 Å². The fraction of sp³-hybridized carbons (Fsp3) is 0.500. The molecule has 27 heavy (non-hydrogen) atoms. The van der Waals surface area contributed by atoms with Gasteiger partial charge in [-0.1, -0.05) is 20.8 Å². The fourth-order valence-corrected chi connectivity index (χ4v) is 4.18. The van der Waals surface area contributed by atoms with Crippen LogP contribution in [-0.2, 0) is 0 Å². The molecule has 1 fully saturated rings. The number of nitrogens with zero attached hydrogens (tertiary/aromatic N) is 2. The summed E-state index contributed by atoms with van der Waals surface area (Å²) in [6.45, 7) is 10.6. The Bertz CT molecular complexity index is 779. The third-order valence-electron chi connectivity index (χ3n) is 4.36. The summed E-state index contributed by atoms with van der Waals surface area (Å²) in [5.74, 6) is -0.160. The molecule has 1 saturated heterocycles. The Morgan fingerprint density at radius 1 is 1.33 bits per heavy atom. The Balaban J connectivity index is 0.00000261. The Kier molecular flexibility index (Phi) is 7.37. The molecule has 1 aromatic carbocycles. The minimum Gasteiger partial charge on any atom is -0.320 e. The molecule has 0 bridgehead atoms. The van der Waals surface area contributed by atoms with Gasteiger partial charge in [-0.15, -0.1) is 24.2 Å². The zero-order valence-corrected chi connectivity index (χ0v) is 18.0. The lowest BCUT2D eigenvalue weighted by Gasteiger charge is -2.22. The SMILES string of the molecule is Cc1cc(SC(C)(C)C)ccc1NC(=O)c1ccn(C2CCCNC2)n1.Cl. The number of nitrogens with one attached hydrogen (secondary N) is 2. The van der Waals surface area contributed by atoms with E-state index in [9.17, 15) is 4.79 Å². The van der Waals surface area contributed by atoms with Gasteiger partial charge in [0.1, 0.15) is 0 Å². The number of carbonyl (C=O) groups is 1. The molecular formula is C20H29ClN4OS. The van der Waals surface area contributed by atoms with E-state index in [1.807, 2.05) is 35.6 Å². The first-order chi connectivity index (χ1) is 12.3. The summed E-state index contributed by atoms with van der Waals surface area (Å²) in [5.41, 5.74) is 2.36. The van der Waals surface area contributed by atoms with Gasteiger partial charge in [-0.3, -0.25) is 9.48 Å². The third-order valence-corrected chi connectivity index (χ3v) is 5.46. The summed E-state index contributed by atoms with van der Waals surface area (Å²) in [7, 11) is 0. The molecule has 3 rings (SSSR count). The molecule has 0 saturated carbocycles. The van der Waals surface area contributed by atoms with Crippen LogP contribution in [-0.4, -0.2) is 33.5 Å². The number of carbonyl (C=O) groups excluding carboxylic acids is 1. The van der Waals surface area contributed by atoms with Gasteiger partial charge in [0.25, 0.3) is 5.91 Å². The van der Waals surface area contributed by atoms with Gasteiger partial charge in [-0.05, 0) is 56.1 Å². The van der Waals surface area contributed by atoms with Crippen molar-refractivity contribution in [3.63, 3.8) is 0 Å². The number of thioether (sulfide) groups is 1. The standard InChI is InChI=1S/C20H28N4OS.ClH/c1-14-12-16(26-20(2,3)4)7-8-17(14)22-19(25)18-9-11-24(23-18)15-6-5-10-21-13-15;/h7-9,11-12,15,21H,5-6,10,13H2,1-4H3,(H,22,25);1H. The van der Waals surface area contributed by atoms with Crippen molar-refractivity contribution in [2.75, 3.05) is 18.4 Å². The van der Waals surface area contributed by atoms with Crippen molar-refractivity contribution >= 4 is 35.8 Å². The second-order valence-electron chi connectivity index (χ2n) is 7.83. The number of benzene rings is 1. The molecule has 1 aliphatic heterocycles.